The van der Waals surface area contributed by atoms with Gasteiger partial charge in [-0.1, -0.05) is 17.8 Å². The van der Waals surface area contributed by atoms with E-state index in [2.05, 4.69) is 38.1 Å². The number of hydrogen-bond acceptors (Lipinski definition) is 6. The van der Waals surface area contributed by atoms with Gasteiger partial charge in [-0.3, -0.25) is 4.79 Å². The number of hydrogen-bond donors (Lipinski definition) is 1. The molecule has 9 heteroatoms. The van der Waals surface area contributed by atoms with Crippen LogP contribution in [0.3, 0.4) is 0 Å². The minimum absolute atomic E-state index is 0.0756. The maximum Gasteiger partial charge on any atom is 0.234 e. The van der Waals surface area contributed by atoms with Crippen molar-refractivity contribution < 1.29 is 14.3 Å². The molecule has 0 fully saturated rings. The summed E-state index contributed by atoms with van der Waals surface area (Å²) in [5.74, 6) is 2.40. The van der Waals surface area contributed by atoms with E-state index >= 15 is 0 Å². The van der Waals surface area contributed by atoms with E-state index in [0.717, 1.165) is 32.3 Å². The van der Waals surface area contributed by atoms with E-state index in [1.165, 1.54) is 11.8 Å². The molecule has 3 aromatic rings. The maximum absolute atomic E-state index is 12.3. The Labute approximate surface area is 193 Å². The van der Waals surface area contributed by atoms with Crippen LogP contribution in [0.2, 0.25) is 0 Å². The molecule has 1 amide bonds. The normalized spacial score (nSPS) is 10.7. The summed E-state index contributed by atoms with van der Waals surface area (Å²) in [5.41, 5.74) is 1.83. The van der Waals surface area contributed by atoms with Crippen molar-refractivity contribution in [1.29, 1.82) is 0 Å². The fourth-order valence-corrected chi connectivity index (χ4v) is 4.09. The standard InChI is InChI=1S/C21H23IN4O3S/c1-4-26-19(12-14-5-10-17(28-2)18(11-14)29-3)24-25-21(26)30-13-20(27)23-16-8-6-15(22)7-9-16/h5-11H,4,12-13H2,1-3H3,(H,23,27). The smallest absolute Gasteiger partial charge is 0.234 e. The molecule has 0 aliphatic heterocycles. The van der Waals surface area contributed by atoms with Crippen molar-refractivity contribution in [2.75, 3.05) is 25.3 Å². The monoisotopic (exact) mass is 538 g/mol. The van der Waals surface area contributed by atoms with Crippen LogP contribution in [0.5, 0.6) is 11.5 Å². The Balaban J connectivity index is 1.65. The SMILES string of the molecule is CCn1c(Cc2ccc(OC)c(OC)c2)nnc1SCC(=O)Nc1ccc(I)cc1. The number of anilines is 1. The molecule has 0 saturated heterocycles. The van der Waals surface area contributed by atoms with E-state index in [-0.39, 0.29) is 11.7 Å². The lowest BCUT2D eigenvalue weighted by molar-refractivity contribution is -0.113. The van der Waals surface area contributed by atoms with Crippen molar-refractivity contribution in [3.63, 3.8) is 0 Å². The molecule has 1 heterocycles. The predicted molar refractivity (Wildman–Crippen MR) is 127 cm³/mol. The number of carbonyl (C=O) groups excluding carboxylic acids is 1. The molecule has 0 radical (unpaired) electrons. The van der Waals surface area contributed by atoms with Gasteiger partial charge in [0.2, 0.25) is 5.91 Å². The van der Waals surface area contributed by atoms with Gasteiger partial charge < -0.3 is 19.4 Å². The molecule has 1 N–H and O–H groups in total. The number of nitrogens with zero attached hydrogens (tertiary/aromatic N) is 3. The molecule has 0 atom stereocenters. The molecule has 0 aliphatic rings. The zero-order valence-corrected chi connectivity index (χ0v) is 20.0. The Bertz CT molecular complexity index is 1010. The molecule has 0 unspecified atom stereocenters. The van der Waals surface area contributed by atoms with Crippen LogP contribution in [0.15, 0.2) is 47.6 Å². The number of benzene rings is 2. The zero-order valence-electron chi connectivity index (χ0n) is 17.0. The van der Waals surface area contributed by atoms with Gasteiger partial charge in [0.1, 0.15) is 5.82 Å². The second-order valence-electron chi connectivity index (χ2n) is 6.35. The molecule has 158 valence electrons. The van der Waals surface area contributed by atoms with Crippen LogP contribution in [0.1, 0.15) is 18.3 Å². The van der Waals surface area contributed by atoms with Crippen molar-refractivity contribution in [1.82, 2.24) is 14.8 Å². The molecular formula is C21H23IN4O3S. The van der Waals surface area contributed by atoms with Gasteiger partial charge in [0.15, 0.2) is 16.7 Å². The number of rotatable bonds is 9. The third-order valence-electron chi connectivity index (χ3n) is 4.38. The summed E-state index contributed by atoms with van der Waals surface area (Å²) >= 11 is 3.61. The van der Waals surface area contributed by atoms with Gasteiger partial charge >= 0.3 is 0 Å². The number of thioether (sulfide) groups is 1. The summed E-state index contributed by atoms with van der Waals surface area (Å²) in [6, 6.07) is 13.5. The van der Waals surface area contributed by atoms with Crippen LogP contribution in [-0.2, 0) is 17.8 Å². The van der Waals surface area contributed by atoms with E-state index in [4.69, 9.17) is 9.47 Å². The van der Waals surface area contributed by atoms with E-state index in [1.54, 1.807) is 14.2 Å². The average molecular weight is 538 g/mol. The van der Waals surface area contributed by atoms with Gasteiger partial charge in [-0.15, -0.1) is 10.2 Å². The molecule has 0 saturated carbocycles. The second-order valence-corrected chi connectivity index (χ2v) is 8.54. The number of ether oxygens (including phenoxy) is 2. The van der Waals surface area contributed by atoms with Gasteiger partial charge in [0.25, 0.3) is 0 Å². The van der Waals surface area contributed by atoms with Crippen molar-refractivity contribution >= 4 is 45.9 Å². The first kappa shape index (κ1) is 22.4. The summed E-state index contributed by atoms with van der Waals surface area (Å²) < 4.78 is 13.8. The van der Waals surface area contributed by atoms with Crippen LogP contribution in [0.4, 0.5) is 5.69 Å². The van der Waals surface area contributed by atoms with E-state index in [9.17, 15) is 4.79 Å². The number of halogens is 1. The first-order chi connectivity index (χ1) is 14.5. The summed E-state index contributed by atoms with van der Waals surface area (Å²) in [6.07, 6.45) is 0.608. The fourth-order valence-electron chi connectivity index (χ4n) is 2.91. The topological polar surface area (TPSA) is 78.3 Å². The van der Waals surface area contributed by atoms with Crippen LogP contribution in [0, 0.1) is 3.57 Å². The lowest BCUT2D eigenvalue weighted by Gasteiger charge is -2.10. The Hall–Kier alpha value is -2.27. The number of methoxy groups -OCH3 is 2. The third kappa shape index (κ3) is 5.66. The lowest BCUT2D eigenvalue weighted by atomic mass is 10.1. The van der Waals surface area contributed by atoms with Gasteiger partial charge in [0, 0.05) is 22.2 Å². The Morgan fingerprint density at radius 1 is 1.10 bits per heavy atom. The van der Waals surface area contributed by atoms with Crippen molar-refractivity contribution in [3.05, 3.63) is 57.4 Å². The van der Waals surface area contributed by atoms with Gasteiger partial charge in [-0.05, 0) is 71.5 Å². The molecule has 0 bridgehead atoms. The van der Waals surface area contributed by atoms with Crippen LogP contribution in [-0.4, -0.2) is 40.6 Å². The Morgan fingerprint density at radius 2 is 1.83 bits per heavy atom. The first-order valence-electron chi connectivity index (χ1n) is 9.35. The molecule has 3 rings (SSSR count). The van der Waals surface area contributed by atoms with Crippen LogP contribution >= 0.6 is 34.4 Å². The summed E-state index contributed by atoms with van der Waals surface area (Å²) in [4.78, 5) is 12.3. The average Bonchev–Trinajstić information content (AvgIpc) is 3.15. The highest BCUT2D eigenvalue weighted by atomic mass is 127. The van der Waals surface area contributed by atoms with Gasteiger partial charge in [0.05, 0.1) is 20.0 Å². The molecule has 1 aromatic heterocycles. The van der Waals surface area contributed by atoms with E-state index in [0.29, 0.717) is 17.9 Å². The largest absolute Gasteiger partial charge is 0.493 e. The number of amides is 1. The predicted octanol–water partition coefficient (Wildman–Crippen LogP) is 4.24. The molecule has 0 aliphatic carbocycles. The second kappa shape index (κ2) is 10.7. The number of carbonyl (C=O) groups is 1. The maximum atomic E-state index is 12.3. The van der Waals surface area contributed by atoms with E-state index < -0.39 is 0 Å². The molecular weight excluding hydrogens is 515 g/mol. The highest BCUT2D eigenvalue weighted by Crippen LogP contribution is 2.28. The van der Waals surface area contributed by atoms with Gasteiger partial charge in [-0.25, -0.2) is 0 Å². The highest BCUT2D eigenvalue weighted by molar-refractivity contribution is 14.1. The van der Waals surface area contributed by atoms with Crippen molar-refractivity contribution in [2.45, 2.75) is 25.0 Å². The minimum Gasteiger partial charge on any atom is -0.493 e. The highest BCUT2D eigenvalue weighted by Gasteiger charge is 2.15. The van der Waals surface area contributed by atoms with E-state index in [1.807, 2.05) is 54.0 Å². The van der Waals surface area contributed by atoms with Crippen LogP contribution < -0.4 is 14.8 Å². The van der Waals surface area contributed by atoms with Crippen molar-refractivity contribution in [2.24, 2.45) is 0 Å². The minimum atomic E-state index is -0.0756. The summed E-state index contributed by atoms with van der Waals surface area (Å²) in [7, 11) is 3.23. The number of aromatic nitrogens is 3. The number of nitrogens with one attached hydrogen (secondary N) is 1. The van der Waals surface area contributed by atoms with Gasteiger partial charge in [-0.2, -0.15) is 0 Å². The molecule has 7 nitrogen and oxygen atoms in total. The quantitative estimate of drug-likeness (QED) is 0.325. The first-order valence-corrected chi connectivity index (χ1v) is 11.4. The molecule has 0 spiro atoms. The summed E-state index contributed by atoms with van der Waals surface area (Å²) in [5, 5.41) is 12.3. The fraction of sp³-hybridized carbons (Fsp3) is 0.286. The van der Waals surface area contributed by atoms with Crippen LogP contribution in [0.25, 0.3) is 0 Å². The Morgan fingerprint density at radius 3 is 2.50 bits per heavy atom. The lowest BCUT2D eigenvalue weighted by Crippen LogP contribution is -2.14. The summed E-state index contributed by atoms with van der Waals surface area (Å²) in [6.45, 7) is 2.76. The molecule has 30 heavy (non-hydrogen) atoms. The zero-order chi connectivity index (χ0) is 21.5. The van der Waals surface area contributed by atoms with Crippen molar-refractivity contribution in [3.8, 4) is 11.5 Å². The Kier molecular flexibility index (Phi) is 7.97. The molecule has 2 aromatic carbocycles. The third-order valence-corrected chi connectivity index (χ3v) is 6.07.